The van der Waals surface area contributed by atoms with E-state index >= 15 is 0 Å². The number of hydrogen-bond donors (Lipinski definition) is 0. The molecule has 2 atom stereocenters. The normalized spacial score (nSPS) is 20.1. The van der Waals surface area contributed by atoms with Gasteiger partial charge in [-0.1, -0.05) is 35.4 Å². The molecule has 1 saturated heterocycles. The molecule has 2 aromatic rings. The fraction of sp³-hybridized carbons (Fsp3) is 0.250. The van der Waals surface area contributed by atoms with Crippen LogP contribution in [-0.2, 0) is 9.59 Å². The summed E-state index contributed by atoms with van der Waals surface area (Å²) >= 11 is 6.18. The molecule has 0 radical (unpaired) electrons. The number of carbonyl (C=O) groups is 4. The van der Waals surface area contributed by atoms with Crippen molar-refractivity contribution in [2.24, 2.45) is 11.8 Å². The van der Waals surface area contributed by atoms with Gasteiger partial charge in [-0.05, 0) is 56.2 Å². The van der Waals surface area contributed by atoms with Gasteiger partial charge in [0.1, 0.15) is 12.4 Å². The first-order chi connectivity index (χ1) is 15.3. The number of Topliss-reactive ketones (excluding diaryl/α,β-unsaturated/α-hetero) is 1. The predicted molar refractivity (Wildman–Crippen MR) is 115 cm³/mol. The van der Waals surface area contributed by atoms with Crippen LogP contribution in [-0.4, -0.2) is 40.1 Å². The number of allylic oxidation sites excluding steroid dienone is 2. The molecule has 0 N–H and O–H groups in total. The molecule has 0 saturated carbocycles. The molecule has 164 valence electrons. The van der Waals surface area contributed by atoms with Crippen LogP contribution in [0.4, 0.5) is 4.39 Å². The molecule has 0 unspecified atom stereocenters. The largest absolute Gasteiger partial charge is 0.292 e. The summed E-state index contributed by atoms with van der Waals surface area (Å²) in [5.41, 5.74) is 1.21. The first-order valence-electron chi connectivity index (χ1n) is 10.2. The Labute approximate surface area is 189 Å². The summed E-state index contributed by atoms with van der Waals surface area (Å²) in [5, 5.41) is 1.80. The maximum Gasteiger partial charge on any atom is 0.274 e. The van der Waals surface area contributed by atoms with Crippen molar-refractivity contribution in [2.75, 3.05) is 6.54 Å². The van der Waals surface area contributed by atoms with Gasteiger partial charge in [0.2, 0.25) is 0 Å². The highest BCUT2D eigenvalue weighted by atomic mass is 35.5. The molecule has 8 heteroatoms. The van der Waals surface area contributed by atoms with Gasteiger partial charge in [0.05, 0.1) is 22.4 Å². The quantitative estimate of drug-likeness (QED) is 0.388. The highest BCUT2D eigenvalue weighted by Crippen LogP contribution is 2.38. The van der Waals surface area contributed by atoms with Crippen molar-refractivity contribution in [1.29, 1.82) is 0 Å². The van der Waals surface area contributed by atoms with Crippen LogP contribution < -0.4 is 0 Å². The van der Waals surface area contributed by atoms with Crippen LogP contribution in [0.3, 0.4) is 0 Å². The van der Waals surface area contributed by atoms with Gasteiger partial charge in [0, 0.05) is 5.56 Å². The van der Waals surface area contributed by atoms with Crippen molar-refractivity contribution in [3.8, 4) is 0 Å². The minimum Gasteiger partial charge on any atom is -0.292 e. The van der Waals surface area contributed by atoms with E-state index < -0.39 is 47.7 Å². The third-order valence-corrected chi connectivity index (χ3v) is 6.17. The summed E-state index contributed by atoms with van der Waals surface area (Å²) in [6, 6.07) is 11.0. The van der Waals surface area contributed by atoms with Crippen LogP contribution in [0.2, 0.25) is 5.02 Å². The van der Waals surface area contributed by atoms with Gasteiger partial charge in [0.25, 0.3) is 17.7 Å². The zero-order chi connectivity index (χ0) is 23.0. The number of hydrazine groups is 1. The van der Waals surface area contributed by atoms with Crippen molar-refractivity contribution in [1.82, 2.24) is 10.0 Å². The van der Waals surface area contributed by atoms with Crippen molar-refractivity contribution in [3.05, 3.63) is 82.1 Å². The third kappa shape index (κ3) is 3.96. The third-order valence-electron chi connectivity index (χ3n) is 5.84. The maximum absolute atomic E-state index is 13.4. The van der Waals surface area contributed by atoms with E-state index in [0.717, 1.165) is 27.7 Å². The van der Waals surface area contributed by atoms with Crippen LogP contribution in [0.1, 0.15) is 40.5 Å². The van der Waals surface area contributed by atoms with Crippen LogP contribution >= 0.6 is 11.6 Å². The SMILES string of the molecule is CC1=CC[C@@H]2C(=O)N(N(CC(=O)c3ccc(F)cc3)C(=O)c3ccccc3Cl)C(=O)[C@@H]2C1. The Balaban J connectivity index is 1.71. The van der Waals surface area contributed by atoms with E-state index in [-0.39, 0.29) is 16.1 Å². The smallest absolute Gasteiger partial charge is 0.274 e. The summed E-state index contributed by atoms with van der Waals surface area (Å²) in [6.07, 6.45) is 2.74. The van der Waals surface area contributed by atoms with E-state index in [2.05, 4.69) is 0 Å². The molecular weight excluding hydrogens is 435 g/mol. The van der Waals surface area contributed by atoms with Crippen LogP contribution in [0.15, 0.2) is 60.2 Å². The minimum atomic E-state index is -0.740. The molecule has 2 aromatic carbocycles. The number of amides is 3. The number of benzene rings is 2. The summed E-state index contributed by atoms with van der Waals surface area (Å²) in [6.45, 7) is 1.32. The molecule has 1 aliphatic carbocycles. The number of halogens is 2. The zero-order valence-corrected chi connectivity index (χ0v) is 18.0. The molecule has 1 aliphatic heterocycles. The van der Waals surface area contributed by atoms with Crippen molar-refractivity contribution < 1.29 is 23.6 Å². The Morgan fingerprint density at radius 2 is 1.72 bits per heavy atom. The van der Waals surface area contributed by atoms with Crippen LogP contribution in [0, 0.1) is 17.7 Å². The number of hydrogen-bond acceptors (Lipinski definition) is 4. The molecule has 0 spiro atoms. The van der Waals surface area contributed by atoms with Gasteiger partial charge in [0.15, 0.2) is 5.78 Å². The van der Waals surface area contributed by atoms with Crippen molar-refractivity contribution in [2.45, 2.75) is 19.8 Å². The number of rotatable bonds is 5. The maximum atomic E-state index is 13.4. The second kappa shape index (κ2) is 8.67. The molecule has 2 aliphatic rings. The standard InChI is InChI=1S/C24H20ClFN2O4/c1-14-6-11-17-19(12-14)24(32)28(23(17)31)27(22(30)18-4-2-3-5-20(18)25)13-21(29)15-7-9-16(26)10-8-15/h2-10,17,19H,11-13H2,1H3/t17-,19+/m0/s1. The van der Waals surface area contributed by atoms with Gasteiger partial charge in [-0.25, -0.2) is 9.40 Å². The molecule has 1 heterocycles. The summed E-state index contributed by atoms with van der Waals surface area (Å²) < 4.78 is 13.3. The van der Waals surface area contributed by atoms with E-state index in [4.69, 9.17) is 11.6 Å². The van der Waals surface area contributed by atoms with E-state index in [9.17, 15) is 23.6 Å². The lowest BCUT2D eigenvalue weighted by molar-refractivity contribution is -0.154. The number of nitrogens with zero attached hydrogens (tertiary/aromatic N) is 2. The van der Waals surface area contributed by atoms with Crippen molar-refractivity contribution >= 4 is 35.1 Å². The average Bonchev–Trinajstić information content (AvgIpc) is 3.01. The van der Waals surface area contributed by atoms with Gasteiger partial charge >= 0.3 is 0 Å². The Morgan fingerprint density at radius 3 is 2.41 bits per heavy atom. The zero-order valence-electron chi connectivity index (χ0n) is 17.3. The predicted octanol–water partition coefficient (Wildman–Crippen LogP) is 4.06. The molecule has 4 rings (SSSR count). The van der Waals surface area contributed by atoms with Crippen molar-refractivity contribution in [3.63, 3.8) is 0 Å². The first kappa shape index (κ1) is 21.9. The Bertz CT molecular complexity index is 1140. The number of carbonyl (C=O) groups excluding carboxylic acids is 4. The lowest BCUT2D eigenvalue weighted by Crippen LogP contribution is -2.52. The molecule has 1 fully saturated rings. The first-order valence-corrected chi connectivity index (χ1v) is 10.5. The Morgan fingerprint density at radius 1 is 1.06 bits per heavy atom. The lowest BCUT2D eigenvalue weighted by atomic mass is 9.82. The second-order valence-electron chi connectivity index (χ2n) is 7.96. The minimum absolute atomic E-state index is 0.0610. The topological polar surface area (TPSA) is 74.8 Å². The molecule has 0 aromatic heterocycles. The van der Waals surface area contributed by atoms with Gasteiger partial charge < -0.3 is 0 Å². The van der Waals surface area contributed by atoms with E-state index in [0.29, 0.717) is 12.8 Å². The number of imide groups is 1. The molecular formula is C24H20ClFN2O4. The highest BCUT2D eigenvalue weighted by molar-refractivity contribution is 6.34. The average molecular weight is 455 g/mol. The van der Waals surface area contributed by atoms with Gasteiger partial charge in [-0.3, -0.25) is 19.2 Å². The monoisotopic (exact) mass is 454 g/mol. The van der Waals surface area contributed by atoms with E-state index in [1.54, 1.807) is 12.1 Å². The van der Waals surface area contributed by atoms with E-state index in [1.807, 2.05) is 13.0 Å². The second-order valence-corrected chi connectivity index (χ2v) is 8.37. The van der Waals surface area contributed by atoms with Gasteiger partial charge in [-0.2, -0.15) is 5.01 Å². The molecule has 3 amide bonds. The van der Waals surface area contributed by atoms with Gasteiger partial charge in [-0.15, -0.1) is 0 Å². The lowest BCUT2D eigenvalue weighted by Gasteiger charge is -2.30. The Hall–Kier alpha value is -3.32. The summed E-state index contributed by atoms with van der Waals surface area (Å²) in [7, 11) is 0. The van der Waals surface area contributed by atoms with E-state index in [1.165, 1.54) is 24.3 Å². The number of ketones is 1. The fourth-order valence-electron chi connectivity index (χ4n) is 4.13. The molecule has 32 heavy (non-hydrogen) atoms. The Kier molecular flexibility index (Phi) is 5.93. The summed E-state index contributed by atoms with van der Waals surface area (Å²) in [5.74, 6) is -3.98. The van der Waals surface area contributed by atoms with Crippen LogP contribution in [0.5, 0.6) is 0 Å². The fourth-order valence-corrected chi connectivity index (χ4v) is 4.34. The van der Waals surface area contributed by atoms with Crippen LogP contribution in [0.25, 0.3) is 0 Å². The molecule has 6 nitrogen and oxygen atoms in total. The highest BCUT2D eigenvalue weighted by Gasteiger charge is 2.51. The number of fused-ring (bicyclic) bond motifs is 1. The summed E-state index contributed by atoms with van der Waals surface area (Å²) in [4.78, 5) is 52.7. The molecule has 0 bridgehead atoms.